The molecule has 1 aliphatic heterocycles. The van der Waals surface area contributed by atoms with Crippen molar-refractivity contribution in [1.29, 1.82) is 0 Å². The third-order valence-corrected chi connectivity index (χ3v) is 7.26. The van der Waals surface area contributed by atoms with Crippen LogP contribution in [-0.2, 0) is 16.1 Å². The Morgan fingerprint density at radius 3 is 2.38 bits per heavy atom. The van der Waals surface area contributed by atoms with Crippen molar-refractivity contribution >= 4 is 75.0 Å². The van der Waals surface area contributed by atoms with Gasteiger partial charge in [0.05, 0.1) is 5.69 Å². The molecule has 3 aromatic carbocycles. The van der Waals surface area contributed by atoms with Gasteiger partial charge < -0.3 is 4.57 Å². The van der Waals surface area contributed by atoms with Crippen molar-refractivity contribution in [3.05, 3.63) is 106 Å². The molecule has 37 heavy (non-hydrogen) atoms. The lowest BCUT2D eigenvalue weighted by atomic mass is 10.0. The minimum atomic E-state index is -0.439. The molecule has 2 heterocycles. The second kappa shape index (κ2) is 10.5. The Bertz CT molecular complexity index is 1560. The fourth-order valence-corrected chi connectivity index (χ4v) is 5.34. The standard InChI is InChI=1S/C29H23Cl2N3O2S/c1-2-14-33-27(35)24(28(36)34(29(33)37)22-8-4-3-5-9-22)15-20-18-32(26-11-7-6-10-23(20)26)17-19-12-13-21(30)16-25(19)31/h3-13,15-16,18H,2,14,17H2,1H3/b24-15+. The molecule has 0 atom stereocenters. The molecule has 2 amide bonds. The van der Waals surface area contributed by atoms with Crippen LogP contribution in [0.2, 0.25) is 10.0 Å². The number of hydrogen-bond donors (Lipinski definition) is 0. The molecule has 0 aliphatic carbocycles. The summed E-state index contributed by atoms with van der Waals surface area (Å²) in [6.45, 7) is 2.89. The van der Waals surface area contributed by atoms with Crippen molar-refractivity contribution in [2.75, 3.05) is 11.4 Å². The maximum atomic E-state index is 13.7. The fraction of sp³-hybridized carbons (Fsp3) is 0.138. The summed E-state index contributed by atoms with van der Waals surface area (Å²) in [5.41, 5.74) is 3.31. The Kier molecular flexibility index (Phi) is 7.15. The Morgan fingerprint density at radius 2 is 1.65 bits per heavy atom. The molecule has 186 valence electrons. The summed E-state index contributed by atoms with van der Waals surface area (Å²) in [4.78, 5) is 30.1. The molecule has 5 nitrogen and oxygen atoms in total. The monoisotopic (exact) mass is 547 g/mol. The fourth-order valence-electron chi connectivity index (χ4n) is 4.51. The van der Waals surface area contributed by atoms with E-state index in [-0.39, 0.29) is 16.6 Å². The summed E-state index contributed by atoms with van der Waals surface area (Å²) in [6.07, 6.45) is 4.32. The van der Waals surface area contributed by atoms with Crippen LogP contribution in [0.1, 0.15) is 24.5 Å². The predicted octanol–water partition coefficient (Wildman–Crippen LogP) is 6.95. The molecule has 1 aromatic heterocycles. The normalized spacial score (nSPS) is 15.3. The highest BCUT2D eigenvalue weighted by molar-refractivity contribution is 7.80. The van der Waals surface area contributed by atoms with Gasteiger partial charge in [-0.1, -0.05) is 72.6 Å². The van der Waals surface area contributed by atoms with Gasteiger partial charge in [-0.25, -0.2) is 0 Å². The smallest absolute Gasteiger partial charge is 0.270 e. The molecular weight excluding hydrogens is 525 g/mol. The molecule has 0 spiro atoms. The molecule has 1 saturated heterocycles. The minimum Gasteiger partial charge on any atom is -0.342 e. The number of aromatic nitrogens is 1. The summed E-state index contributed by atoms with van der Waals surface area (Å²) in [6, 6.07) is 22.4. The van der Waals surface area contributed by atoms with Crippen LogP contribution >= 0.6 is 35.4 Å². The summed E-state index contributed by atoms with van der Waals surface area (Å²) in [5.74, 6) is -0.826. The summed E-state index contributed by atoms with van der Waals surface area (Å²) in [5, 5.41) is 2.26. The molecule has 0 saturated carbocycles. The maximum Gasteiger partial charge on any atom is 0.270 e. The number of thiocarbonyl (C=S) groups is 1. The summed E-state index contributed by atoms with van der Waals surface area (Å²) >= 11 is 18.1. The van der Waals surface area contributed by atoms with Gasteiger partial charge in [-0.3, -0.25) is 19.4 Å². The Morgan fingerprint density at radius 1 is 0.919 bits per heavy atom. The van der Waals surface area contributed by atoms with Crippen molar-refractivity contribution in [2.45, 2.75) is 19.9 Å². The van der Waals surface area contributed by atoms with Gasteiger partial charge in [-0.15, -0.1) is 0 Å². The van der Waals surface area contributed by atoms with E-state index in [0.29, 0.717) is 35.2 Å². The van der Waals surface area contributed by atoms with Crippen LogP contribution in [0.25, 0.3) is 17.0 Å². The average molecular weight is 548 g/mol. The first-order valence-electron chi connectivity index (χ1n) is 11.9. The van der Waals surface area contributed by atoms with E-state index in [9.17, 15) is 9.59 Å². The first-order chi connectivity index (χ1) is 17.9. The van der Waals surface area contributed by atoms with Crippen molar-refractivity contribution < 1.29 is 9.59 Å². The number of para-hydroxylation sites is 2. The minimum absolute atomic E-state index is 0.0679. The number of carbonyl (C=O) groups is 2. The molecule has 8 heteroatoms. The van der Waals surface area contributed by atoms with Crippen LogP contribution in [0.5, 0.6) is 0 Å². The van der Waals surface area contributed by atoms with E-state index in [4.69, 9.17) is 35.4 Å². The third-order valence-electron chi connectivity index (χ3n) is 6.27. The van der Waals surface area contributed by atoms with Crippen LogP contribution in [0.15, 0.2) is 84.6 Å². The van der Waals surface area contributed by atoms with Crippen molar-refractivity contribution in [2.24, 2.45) is 0 Å². The lowest BCUT2D eigenvalue weighted by molar-refractivity contribution is -0.127. The van der Waals surface area contributed by atoms with Crippen molar-refractivity contribution in [3.8, 4) is 0 Å². The topological polar surface area (TPSA) is 45.6 Å². The molecular formula is C29H23Cl2N3O2S. The lowest BCUT2D eigenvalue weighted by Crippen LogP contribution is -2.56. The number of fused-ring (bicyclic) bond motifs is 1. The highest BCUT2D eigenvalue weighted by atomic mass is 35.5. The van der Waals surface area contributed by atoms with Gasteiger partial charge in [-0.2, -0.15) is 0 Å². The molecule has 1 fully saturated rings. The lowest BCUT2D eigenvalue weighted by Gasteiger charge is -2.36. The van der Waals surface area contributed by atoms with E-state index in [1.165, 1.54) is 9.80 Å². The Balaban J connectivity index is 1.61. The quantitative estimate of drug-likeness (QED) is 0.149. The molecule has 5 rings (SSSR count). The van der Waals surface area contributed by atoms with E-state index in [2.05, 4.69) is 4.57 Å². The zero-order chi connectivity index (χ0) is 26.1. The van der Waals surface area contributed by atoms with Crippen LogP contribution in [0.3, 0.4) is 0 Å². The molecule has 1 aliphatic rings. The molecule has 0 unspecified atom stereocenters. The van der Waals surface area contributed by atoms with E-state index in [1.807, 2.05) is 73.8 Å². The van der Waals surface area contributed by atoms with Crippen LogP contribution < -0.4 is 4.90 Å². The Labute approximate surface area is 230 Å². The van der Waals surface area contributed by atoms with Gasteiger partial charge >= 0.3 is 0 Å². The van der Waals surface area contributed by atoms with Crippen molar-refractivity contribution in [1.82, 2.24) is 9.47 Å². The maximum absolute atomic E-state index is 13.7. The van der Waals surface area contributed by atoms with Gasteiger partial charge in [0, 0.05) is 45.8 Å². The second-order valence-corrected chi connectivity index (χ2v) is 9.95. The average Bonchev–Trinajstić information content (AvgIpc) is 3.24. The zero-order valence-electron chi connectivity index (χ0n) is 20.0. The van der Waals surface area contributed by atoms with Crippen LogP contribution in [-0.4, -0.2) is 32.9 Å². The molecule has 0 radical (unpaired) electrons. The summed E-state index contributed by atoms with van der Waals surface area (Å²) in [7, 11) is 0. The number of anilines is 1. The highest BCUT2D eigenvalue weighted by Crippen LogP contribution is 2.30. The number of carbonyl (C=O) groups excluding carboxylic acids is 2. The van der Waals surface area contributed by atoms with Gasteiger partial charge in [0.15, 0.2) is 5.11 Å². The van der Waals surface area contributed by atoms with Gasteiger partial charge in [0.25, 0.3) is 11.8 Å². The largest absolute Gasteiger partial charge is 0.342 e. The number of benzene rings is 3. The molecule has 0 N–H and O–H groups in total. The third kappa shape index (κ3) is 4.80. The van der Waals surface area contributed by atoms with Crippen molar-refractivity contribution in [3.63, 3.8) is 0 Å². The number of amides is 2. The predicted molar refractivity (Wildman–Crippen MR) is 154 cm³/mol. The number of rotatable bonds is 6. The Hall–Kier alpha value is -3.45. The highest BCUT2D eigenvalue weighted by Gasteiger charge is 2.40. The van der Waals surface area contributed by atoms with E-state index in [0.717, 1.165) is 22.0 Å². The first-order valence-corrected chi connectivity index (χ1v) is 13.0. The van der Waals surface area contributed by atoms with Crippen LogP contribution in [0.4, 0.5) is 5.69 Å². The van der Waals surface area contributed by atoms with Gasteiger partial charge in [-0.05, 0) is 60.6 Å². The van der Waals surface area contributed by atoms with Gasteiger partial charge in [0.1, 0.15) is 5.57 Å². The first kappa shape index (κ1) is 25.2. The SMILES string of the molecule is CCCN1C(=O)/C(=C\c2cn(Cc3ccc(Cl)cc3Cl)c3ccccc23)C(=O)N(c2ccccc2)C1=S. The number of nitrogens with zero attached hydrogens (tertiary/aromatic N) is 3. The zero-order valence-corrected chi connectivity index (χ0v) is 22.4. The van der Waals surface area contributed by atoms with E-state index in [1.54, 1.807) is 18.2 Å². The van der Waals surface area contributed by atoms with Crippen LogP contribution in [0, 0.1) is 0 Å². The molecule has 0 bridgehead atoms. The number of hydrogen-bond acceptors (Lipinski definition) is 3. The van der Waals surface area contributed by atoms with Gasteiger partial charge in [0.2, 0.25) is 0 Å². The number of halogens is 2. The second-order valence-electron chi connectivity index (χ2n) is 8.74. The molecule has 4 aromatic rings. The van der Waals surface area contributed by atoms with E-state index >= 15 is 0 Å². The summed E-state index contributed by atoms with van der Waals surface area (Å²) < 4.78 is 2.05. The van der Waals surface area contributed by atoms with E-state index < -0.39 is 5.91 Å².